The number of halogens is 3. The summed E-state index contributed by atoms with van der Waals surface area (Å²) in [5.74, 6) is -4.19. The Hall–Kier alpha value is -2.25. The number of amides is 3. The van der Waals surface area contributed by atoms with Crippen molar-refractivity contribution in [2.75, 3.05) is 12.4 Å². The van der Waals surface area contributed by atoms with Crippen LogP contribution in [0.15, 0.2) is 12.1 Å². The Bertz CT molecular complexity index is 485. The second kappa shape index (κ2) is 6.07. The second-order valence-electron chi connectivity index (χ2n) is 3.68. The van der Waals surface area contributed by atoms with Crippen LogP contribution in [-0.4, -0.2) is 25.0 Å². The Morgan fingerprint density at radius 2 is 1.68 bits per heavy atom. The Kier molecular flexibility index (Phi) is 4.74. The maximum Gasteiger partial charge on any atom is 0.321 e. The van der Waals surface area contributed by atoms with Crippen molar-refractivity contribution in [1.82, 2.24) is 10.6 Å². The van der Waals surface area contributed by atoms with E-state index in [1.807, 2.05) is 5.32 Å². The maximum atomic E-state index is 13.3. The van der Waals surface area contributed by atoms with Crippen molar-refractivity contribution in [1.29, 1.82) is 0 Å². The first-order valence-electron chi connectivity index (χ1n) is 5.28. The van der Waals surface area contributed by atoms with Gasteiger partial charge in [-0.3, -0.25) is 10.1 Å². The van der Waals surface area contributed by atoms with Crippen molar-refractivity contribution in [2.45, 2.75) is 13.0 Å². The molecule has 0 saturated carbocycles. The molecule has 0 aliphatic heterocycles. The lowest BCUT2D eigenvalue weighted by Gasteiger charge is -2.15. The minimum Gasteiger partial charge on any atom is -0.369 e. The monoisotopic (exact) mass is 275 g/mol. The number of rotatable bonds is 3. The first-order chi connectivity index (χ1) is 8.85. The van der Waals surface area contributed by atoms with Crippen LogP contribution in [0.25, 0.3) is 0 Å². The van der Waals surface area contributed by atoms with Crippen molar-refractivity contribution in [3.8, 4) is 0 Å². The summed E-state index contributed by atoms with van der Waals surface area (Å²) < 4.78 is 39.3. The predicted octanol–water partition coefficient (Wildman–Crippen LogP) is 1.36. The molecule has 3 N–H and O–H groups in total. The molecule has 1 atom stereocenters. The minimum absolute atomic E-state index is 0.481. The van der Waals surface area contributed by atoms with Crippen molar-refractivity contribution in [3.05, 3.63) is 29.6 Å². The van der Waals surface area contributed by atoms with Gasteiger partial charge >= 0.3 is 6.03 Å². The average molecular weight is 275 g/mol. The highest BCUT2D eigenvalue weighted by Gasteiger charge is 2.19. The van der Waals surface area contributed by atoms with Gasteiger partial charge in [-0.15, -0.1) is 0 Å². The van der Waals surface area contributed by atoms with E-state index in [9.17, 15) is 22.8 Å². The Morgan fingerprint density at radius 1 is 1.16 bits per heavy atom. The van der Waals surface area contributed by atoms with Gasteiger partial charge in [-0.05, 0) is 6.92 Å². The number of carbonyl (C=O) groups is 2. The first-order valence-corrected chi connectivity index (χ1v) is 5.28. The van der Waals surface area contributed by atoms with Crippen LogP contribution in [0.1, 0.15) is 6.92 Å². The van der Waals surface area contributed by atoms with Gasteiger partial charge in [-0.1, -0.05) is 0 Å². The molecule has 1 aromatic rings. The quantitative estimate of drug-likeness (QED) is 0.780. The summed E-state index contributed by atoms with van der Waals surface area (Å²) in [7, 11) is 1.31. The molecule has 0 saturated heterocycles. The van der Waals surface area contributed by atoms with E-state index in [0.717, 1.165) is 0 Å². The molecule has 5 nitrogen and oxygen atoms in total. The summed E-state index contributed by atoms with van der Waals surface area (Å²) in [5.41, 5.74) is -0.638. The fourth-order valence-corrected chi connectivity index (χ4v) is 1.24. The molecule has 0 radical (unpaired) electrons. The van der Waals surface area contributed by atoms with E-state index in [0.29, 0.717) is 12.1 Å². The molecule has 1 aromatic carbocycles. The van der Waals surface area contributed by atoms with Crippen LogP contribution >= 0.6 is 0 Å². The van der Waals surface area contributed by atoms with Crippen LogP contribution < -0.4 is 16.0 Å². The Labute approximate surface area is 107 Å². The zero-order valence-corrected chi connectivity index (χ0v) is 10.2. The van der Waals surface area contributed by atoms with Crippen LogP contribution in [-0.2, 0) is 4.79 Å². The zero-order chi connectivity index (χ0) is 14.6. The third kappa shape index (κ3) is 3.87. The standard InChI is InChI=1S/C11H12F3N3O2/c1-5(10(18)17-11(19)15-2)16-9-7(13)3-6(12)4-8(9)14/h3-5,16H,1-2H3,(H2,15,17,18,19). The Balaban J connectivity index is 2.80. The van der Waals surface area contributed by atoms with Gasteiger partial charge < -0.3 is 10.6 Å². The molecule has 0 aliphatic carbocycles. The third-order valence-corrected chi connectivity index (χ3v) is 2.22. The number of nitrogens with one attached hydrogen (secondary N) is 3. The SMILES string of the molecule is CNC(=O)NC(=O)C(C)Nc1c(F)cc(F)cc1F. The van der Waals surface area contributed by atoms with Crippen LogP contribution in [0.4, 0.5) is 23.7 Å². The van der Waals surface area contributed by atoms with Gasteiger partial charge in [0, 0.05) is 19.2 Å². The maximum absolute atomic E-state index is 13.3. The van der Waals surface area contributed by atoms with Gasteiger partial charge in [0.25, 0.3) is 0 Å². The first kappa shape index (κ1) is 14.8. The largest absolute Gasteiger partial charge is 0.369 e. The Morgan fingerprint density at radius 3 is 2.16 bits per heavy atom. The lowest BCUT2D eigenvalue weighted by molar-refractivity contribution is -0.120. The summed E-state index contributed by atoms with van der Waals surface area (Å²) in [4.78, 5) is 22.3. The van der Waals surface area contributed by atoms with E-state index < -0.39 is 41.1 Å². The highest BCUT2D eigenvalue weighted by molar-refractivity contribution is 5.97. The molecule has 8 heteroatoms. The third-order valence-electron chi connectivity index (χ3n) is 2.22. The highest BCUT2D eigenvalue weighted by Crippen LogP contribution is 2.20. The normalized spacial score (nSPS) is 11.6. The lowest BCUT2D eigenvalue weighted by atomic mass is 10.2. The molecule has 0 spiro atoms. The summed E-state index contributed by atoms with van der Waals surface area (Å²) in [6.07, 6.45) is 0. The molecule has 0 bridgehead atoms. The summed E-state index contributed by atoms with van der Waals surface area (Å²) in [6.45, 7) is 1.29. The predicted molar refractivity (Wildman–Crippen MR) is 62.0 cm³/mol. The molecule has 0 aliphatic rings. The van der Waals surface area contributed by atoms with E-state index in [2.05, 4.69) is 10.6 Å². The van der Waals surface area contributed by atoms with Gasteiger partial charge in [0.05, 0.1) is 0 Å². The number of benzene rings is 1. The number of urea groups is 1. The molecule has 0 heterocycles. The van der Waals surface area contributed by atoms with Crippen LogP contribution in [0.3, 0.4) is 0 Å². The van der Waals surface area contributed by atoms with E-state index in [1.54, 1.807) is 0 Å². The fourth-order valence-electron chi connectivity index (χ4n) is 1.24. The summed E-state index contributed by atoms with van der Waals surface area (Å²) >= 11 is 0. The molecule has 0 fully saturated rings. The average Bonchev–Trinajstić information content (AvgIpc) is 2.32. The van der Waals surface area contributed by atoms with Crippen molar-refractivity contribution in [3.63, 3.8) is 0 Å². The number of imide groups is 1. The van der Waals surface area contributed by atoms with E-state index in [1.165, 1.54) is 14.0 Å². The number of hydrogen-bond acceptors (Lipinski definition) is 3. The second-order valence-corrected chi connectivity index (χ2v) is 3.68. The van der Waals surface area contributed by atoms with E-state index in [4.69, 9.17) is 0 Å². The number of hydrogen-bond donors (Lipinski definition) is 3. The number of carbonyl (C=O) groups excluding carboxylic acids is 2. The van der Waals surface area contributed by atoms with Crippen molar-refractivity contribution < 1.29 is 22.8 Å². The molecule has 104 valence electrons. The van der Waals surface area contributed by atoms with E-state index in [-0.39, 0.29) is 0 Å². The van der Waals surface area contributed by atoms with Crippen LogP contribution in [0, 0.1) is 17.5 Å². The van der Waals surface area contributed by atoms with Crippen LogP contribution in [0.5, 0.6) is 0 Å². The molecule has 1 rings (SSSR count). The molecule has 3 amide bonds. The number of anilines is 1. The van der Waals surface area contributed by atoms with Crippen molar-refractivity contribution >= 4 is 17.6 Å². The molecule has 19 heavy (non-hydrogen) atoms. The smallest absolute Gasteiger partial charge is 0.321 e. The van der Waals surface area contributed by atoms with Gasteiger partial charge in [0.1, 0.15) is 17.5 Å². The fraction of sp³-hybridized carbons (Fsp3) is 0.273. The lowest BCUT2D eigenvalue weighted by Crippen LogP contribution is -2.44. The van der Waals surface area contributed by atoms with Gasteiger partial charge in [0.2, 0.25) is 5.91 Å². The van der Waals surface area contributed by atoms with Gasteiger partial charge in [0.15, 0.2) is 11.6 Å². The van der Waals surface area contributed by atoms with E-state index >= 15 is 0 Å². The summed E-state index contributed by atoms with van der Waals surface area (Å²) in [6, 6.07) is -0.880. The molecule has 1 unspecified atom stereocenters. The minimum atomic E-state index is -1.17. The summed E-state index contributed by atoms with van der Waals surface area (Å²) in [5, 5.41) is 6.30. The molecule has 0 aromatic heterocycles. The van der Waals surface area contributed by atoms with Crippen LogP contribution in [0.2, 0.25) is 0 Å². The topological polar surface area (TPSA) is 70.2 Å². The van der Waals surface area contributed by atoms with Gasteiger partial charge in [-0.25, -0.2) is 18.0 Å². The van der Waals surface area contributed by atoms with Gasteiger partial charge in [-0.2, -0.15) is 0 Å². The highest BCUT2D eigenvalue weighted by atomic mass is 19.1. The zero-order valence-electron chi connectivity index (χ0n) is 10.2. The van der Waals surface area contributed by atoms with Crippen molar-refractivity contribution in [2.24, 2.45) is 0 Å². The molecular weight excluding hydrogens is 263 g/mol. The molecular formula is C11H12F3N3O2.